The Bertz CT molecular complexity index is 1180. The number of aromatic nitrogens is 3. The summed E-state index contributed by atoms with van der Waals surface area (Å²) < 4.78 is 45.7. The summed E-state index contributed by atoms with van der Waals surface area (Å²) in [7, 11) is 1.07. The van der Waals surface area contributed by atoms with E-state index in [-0.39, 0.29) is 29.7 Å². The molecule has 0 saturated carbocycles. The van der Waals surface area contributed by atoms with E-state index in [0.29, 0.717) is 5.69 Å². The number of nitrogens with one attached hydrogen (secondary N) is 1. The molecule has 1 aromatic carbocycles. The summed E-state index contributed by atoms with van der Waals surface area (Å²) >= 11 is 0. The number of methoxy groups -OCH3 is 1. The first-order chi connectivity index (χ1) is 15.2. The van der Waals surface area contributed by atoms with Crippen LogP contribution in [0.3, 0.4) is 0 Å². The van der Waals surface area contributed by atoms with Gasteiger partial charge in [-0.05, 0) is 31.2 Å². The lowest BCUT2D eigenvalue weighted by Gasteiger charge is -2.31. The first kappa shape index (κ1) is 21.3. The molecular weight excluding hydrogens is 427 g/mol. The van der Waals surface area contributed by atoms with Crippen molar-refractivity contribution in [3.63, 3.8) is 0 Å². The molecule has 4 rings (SSSR count). The molecule has 3 heterocycles. The van der Waals surface area contributed by atoms with Crippen LogP contribution in [-0.4, -0.2) is 40.2 Å². The molecule has 2 amide bonds. The number of rotatable bonds is 4. The number of alkyl halides is 3. The Morgan fingerprint density at radius 1 is 1.19 bits per heavy atom. The van der Waals surface area contributed by atoms with Crippen LogP contribution in [0.2, 0.25) is 0 Å². The van der Waals surface area contributed by atoms with Gasteiger partial charge < -0.3 is 10.1 Å². The van der Waals surface area contributed by atoms with Crippen LogP contribution in [0.15, 0.2) is 48.7 Å². The largest absolute Gasteiger partial charge is 0.481 e. The van der Waals surface area contributed by atoms with Crippen molar-refractivity contribution in [3.8, 4) is 5.88 Å². The van der Waals surface area contributed by atoms with Crippen molar-refractivity contribution in [1.82, 2.24) is 14.8 Å². The van der Waals surface area contributed by atoms with Gasteiger partial charge in [-0.25, -0.2) is 0 Å². The van der Waals surface area contributed by atoms with Gasteiger partial charge in [0.15, 0.2) is 0 Å². The van der Waals surface area contributed by atoms with E-state index < -0.39 is 29.4 Å². The van der Waals surface area contributed by atoms with E-state index in [1.165, 1.54) is 15.8 Å². The standard InChI is InChI=1S/C21H18F3N5O3/c1-12-11-28(16-9-8-15(21(22,23)24)19(27-16)32-2)20(31)17-14(10-25-29(12)17)18(30)26-13-6-4-3-5-7-13/h3-10,12H,11H2,1-2H3,(H,26,30)/t12-/m0/s1. The Morgan fingerprint density at radius 2 is 1.91 bits per heavy atom. The predicted molar refractivity (Wildman–Crippen MR) is 109 cm³/mol. The van der Waals surface area contributed by atoms with Crippen LogP contribution in [-0.2, 0) is 6.18 Å². The number of carbonyl (C=O) groups is 2. The van der Waals surface area contributed by atoms with Gasteiger partial charge in [0.25, 0.3) is 11.8 Å². The number of amides is 2. The van der Waals surface area contributed by atoms with Crippen LogP contribution >= 0.6 is 0 Å². The smallest absolute Gasteiger partial charge is 0.421 e. The van der Waals surface area contributed by atoms with E-state index in [2.05, 4.69) is 15.4 Å². The number of benzene rings is 1. The third-order valence-corrected chi connectivity index (χ3v) is 5.00. The number of ether oxygens (including phenoxy) is 1. The topological polar surface area (TPSA) is 89.3 Å². The van der Waals surface area contributed by atoms with E-state index in [0.717, 1.165) is 19.2 Å². The van der Waals surface area contributed by atoms with Crippen molar-refractivity contribution in [3.05, 3.63) is 65.5 Å². The number of pyridine rings is 1. The molecular formula is C21H18F3N5O3. The Balaban J connectivity index is 1.69. The Hall–Kier alpha value is -3.89. The van der Waals surface area contributed by atoms with Crippen LogP contribution < -0.4 is 15.0 Å². The van der Waals surface area contributed by atoms with Crippen molar-refractivity contribution in [2.45, 2.75) is 19.1 Å². The molecule has 1 N–H and O–H groups in total. The highest BCUT2D eigenvalue weighted by molar-refractivity contribution is 6.15. The monoisotopic (exact) mass is 445 g/mol. The summed E-state index contributed by atoms with van der Waals surface area (Å²) in [5, 5.41) is 6.88. The quantitative estimate of drug-likeness (QED) is 0.660. The van der Waals surface area contributed by atoms with Gasteiger partial charge in [-0.15, -0.1) is 0 Å². The minimum Gasteiger partial charge on any atom is -0.481 e. The van der Waals surface area contributed by atoms with Gasteiger partial charge in [0.1, 0.15) is 17.1 Å². The molecule has 1 aliphatic heterocycles. The lowest BCUT2D eigenvalue weighted by Crippen LogP contribution is -2.44. The number of halogens is 3. The lowest BCUT2D eigenvalue weighted by atomic mass is 10.1. The molecule has 0 bridgehead atoms. The second kappa shape index (κ2) is 7.98. The highest BCUT2D eigenvalue weighted by atomic mass is 19.4. The highest BCUT2D eigenvalue weighted by Gasteiger charge is 2.38. The molecule has 0 spiro atoms. The fourth-order valence-corrected chi connectivity index (χ4v) is 3.50. The second-order valence-corrected chi connectivity index (χ2v) is 7.16. The normalized spacial score (nSPS) is 16.0. The van der Waals surface area contributed by atoms with Crippen molar-refractivity contribution >= 4 is 23.3 Å². The summed E-state index contributed by atoms with van der Waals surface area (Å²) in [6.45, 7) is 1.88. The van der Waals surface area contributed by atoms with Gasteiger partial charge in [-0.3, -0.25) is 19.2 Å². The third kappa shape index (κ3) is 3.77. The van der Waals surface area contributed by atoms with Crippen LogP contribution in [0.5, 0.6) is 5.88 Å². The molecule has 1 atom stereocenters. The van der Waals surface area contributed by atoms with Crippen LogP contribution in [0.25, 0.3) is 0 Å². The molecule has 0 saturated heterocycles. The van der Waals surface area contributed by atoms with Crippen LogP contribution in [0.1, 0.15) is 39.4 Å². The molecule has 1 aliphatic rings. The van der Waals surface area contributed by atoms with Crippen LogP contribution in [0, 0.1) is 0 Å². The average Bonchev–Trinajstić information content (AvgIpc) is 3.22. The number of anilines is 2. The van der Waals surface area contributed by atoms with Gasteiger partial charge in [-0.2, -0.15) is 23.3 Å². The second-order valence-electron chi connectivity index (χ2n) is 7.16. The molecule has 3 aromatic rings. The Morgan fingerprint density at radius 3 is 2.56 bits per heavy atom. The number of para-hydroxylation sites is 1. The summed E-state index contributed by atoms with van der Waals surface area (Å²) in [5.41, 5.74) is -0.430. The average molecular weight is 445 g/mol. The molecule has 0 unspecified atom stereocenters. The number of carbonyl (C=O) groups excluding carboxylic acids is 2. The molecule has 0 aliphatic carbocycles. The van der Waals surface area contributed by atoms with Gasteiger partial charge in [0, 0.05) is 12.2 Å². The van der Waals surface area contributed by atoms with E-state index >= 15 is 0 Å². The molecule has 8 nitrogen and oxygen atoms in total. The first-order valence-corrected chi connectivity index (χ1v) is 9.58. The summed E-state index contributed by atoms with van der Waals surface area (Å²) in [6, 6.07) is 10.3. The third-order valence-electron chi connectivity index (χ3n) is 5.00. The zero-order valence-electron chi connectivity index (χ0n) is 17.1. The van der Waals surface area contributed by atoms with Crippen molar-refractivity contribution in [1.29, 1.82) is 0 Å². The maximum atomic E-state index is 13.3. The molecule has 11 heteroatoms. The maximum Gasteiger partial charge on any atom is 0.421 e. The zero-order chi connectivity index (χ0) is 23.0. The molecule has 166 valence electrons. The van der Waals surface area contributed by atoms with E-state index in [9.17, 15) is 22.8 Å². The fourth-order valence-electron chi connectivity index (χ4n) is 3.50. The highest BCUT2D eigenvalue weighted by Crippen LogP contribution is 2.37. The van der Waals surface area contributed by atoms with Crippen molar-refractivity contribution < 1.29 is 27.5 Å². The van der Waals surface area contributed by atoms with E-state index in [4.69, 9.17) is 4.74 Å². The molecule has 0 fully saturated rings. The number of hydrogen-bond donors (Lipinski definition) is 1. The lowest BCUT2D eigenvalue weighted by molar-refractivity contribution is -0.139. The van der Waals surface area contributed by atoms with Crippen molar-refractivity contribution in [2.75, 3.05) is 23.9 Å². The van der Waals surface area contributed by atoms with Gasteiger partial charge in [-0.1, -0.05) is 18.2 Å². The first-order valence-electron chi connectivity index (χ1n) is 9.58. The minimum absolute atomic E-state index is 0.0198. The Kier molecular flexibility index (Phi) is 5.33. The summed E-state index contributed by atoms with van der Waals surface area (Å²) in [5.74, 6) is -1.80. The van der Waals surface area contributed by atoms with Crippen molar-refractivity contribution in [2.24, 2.45) is 0 Å². The Labute approximate surface area is 180 Å². The predicted octanol–water partition coefficient (Wildman–Crippen LogP) is 3.78. The fraction of sp³-hybridized carbons (Fsp3) is 0.238. The van der Waals surface area contributed by atoms with Crippen LogP contribution in [0.4, 0.5) is 24.7 Å². The SMILES string of the molecule is COc1nc(N2C[C@H](C)n3ncc(C(=O)Nc4ccccc4)c3C2=O)ccc1C(F)(F)F. The summed E-state index contributed by atoms with van der Waals surface area (Å²) in [4.78, 5) is 31.2. The maximum absolute atomic E-state index is 13.3. The number of hydrogen-bond acceptors (Lipinski definition) is 5. The van der Waals surface area contributed by atoms with E-state index in [1.54, 1.807) is 37.3 Å². The number of fused-ring (bicyclic) bond motifs is 1. The molecule has 0 radical (unpaired) electrons. The molecule has 2 aromatic heterocycles. The van der Waals surface area contributed by atoms with Gasteiger partial charge >= 0.3 is 6.18 Å². The van der Waals surface area contributed by atoms with Gasteiger partial charge in [0.2, 0.25) is 5.88 Å². The molecule has 32 heavy (non-hydrogen) atoms. The zero-order valence-corrected chi connectivity index (χ0v) is 17.1. The van der Waals surface area contributed by atoms with E-state index in [1.807, 2.05) is 0 Å². The summed E-state index contributed by atoms with van der Waals surface area (Å²) in [6.07, 6.45) is -3.36. The van der Waals surface area contributed by atoms with Gasteiger partial charge in [0.05, 0.1) is 24.9 Å². The minimum atomic E-state index is -4.66. The number of nitrogens with zero attached hydrogens (tertiary/aromatic N) is 4.